The lowest BCUT2D eigenvalue weighted by atomic mass is 9.96. The minimum atomic E-state index is -0.985. The lowest BCUT2D eigenvalue weighted by Gasteiger charge is -2.23. The molecule has 4 N–H and O–H groups in total. The number of aliphatic hydroxyl groups is 2. The molecule has 0 aliphatic carbocycles. The standard InChI is InChI=1S/C16H25NO4/c1-11(2)9-12-3-5-13(6-4-12)16(21)14(10-15(19)20)17-7-8-18/h3-6,11,14,16-18,21H,7-10H2,1-2H3,(H,19,20). The molecule has 0 saturated heterocycles. The van der Waals surface area contributed by atoms with Gasteiger partial charge in [-0.25, -0.2) is 0 Å². The Labute approximate surface area is 125 Å². The normalized spacial score (nSPS) is 14.1. The second-order valence-corrected chi connectivity index (χ2v) is 5.67. The number of aliphatic carboxylic acids is 1. The molecule has 5 heteroatoms. The van der Waals surface area contributed by atoms with Crippen molar-refractivity contribution in [3.8, 4) is 0 Å². The van der Waals surface area contributed by atoms with Gasteiger partial charge in [0.2, 0.25) is 0 Å². The number of carboxylic acids is 1. The SMILES string of the molecule is CC(C)Cc1ccc(C(O)C(CC(=O)O)NCCO)cc1. The predicted molar refractivity (Wildman–Crippen MR) is 81.1 cm³/mol. The second kappa shape index (κ2) is 8.77. The highest BCUT2D eigenvalue weighted by Gasteiger charge is 2.23. The molecule has 21 heavy (non-hydrogen) atoms. The fraction of sp³-hybridized carbons (Fsp3) is 0.562. The van der Waals surface area contributed by atoms with Crippen molar-refractivity contribution in [2.45, 2.75) is 38.8 Å². The van der Waals surface area contributed by atoms with Crippen molar-refractivity contribution in [1.29, 1.82) is 0 Å². The summed E-state index contributed by atoms with van der Waals surface area (Å²) in [4.78, 5) is 10.9. The van der Waals surface area contributed by atoms with Crippen LogP contribution in [0.1, 0.15) is 37.5 Å². The van der Waals surface area contributed by atoms with E-state index in [1.54, 1.807) is 0 Å². The van der Waals surface area contributed by atoms with Gasteiger partial charge in [-0.3, -0.25) is 4.79 Å². The summed E-state index contributed by atoms with van der Waals surface area (Å²) in [6.07, 6.45) is -0.146. The molecule has 2 unspecified atom stereocenters. The van der Waals surface area contributed by atoms with Gasteiger partial charge in [0.05, 0.1) is 19.1 Å². The lowest BCUT2D eigenvalue weighted by molar-refractivity contribution is -0.138. The van der Waals surface area contributed by atoms with Crippen LogP contribution in [0.25, 0.3) is 0 Å². The van der Waals surface area contributed by atoms with Gasteiger partial charge in [0.1, 0.15) is 0 Å². The predicted octanol–water partition coefficient (Wildman–Crippen LogP) is 1.34. The first-order valence-electron chi connectivity index (χ1n) is 7.27. The molecule has 0 bridgehead atoms. The molecule has 1 rings (SSSR count). The number of hydrogen-bond acceptors (Lipinski definition) is 4. The van der Waals surface area contributed by atoms with Crippen LogP contribution < -0.4 is 5.32 Å². The first kappa shape index (κ1) is 17.6. The Hall–Kier alpha value is -1.43. The number of nitrogens with one attached hydrogen (secondary N) is 1. The largest absolute Gasteiger partial charge is 0.481 e. The van der Waals surface area contributed by atoms with Gasteiger partial charge in [-0.05, 0) is 23.5 Å². The third-order valence-electron chi connectivity index (χ3n) is 3.26. The van der Waals surface area contributed by atoms with Gasteiger partial charge in [0, 0.05) is 12.6 Å². The van der Waals surface area contributed by atoms with E-state index in [9.17, 15) is 9.90 Å². The van der Waals surface area contributed by atoms with Crippen molar-refractivity contribution in [1.82, 2.24) is 5.32 Å². The maximum absolute atomic E-state index is 10.9. The molecule has 2 atom stereocenters. The molecule has 1 aromatic rings. The summed E-state index contributed by atoms with van der Waals surface area (Å²) in [5.41, 5.74) is 1.87. The number of hydrogen-bond donors (Lipinski definition) is 4. The number of benzene rings is 1. The number of carbonyl (C=O) groups is 1. The van der Waals surface area contributed by atoms with Crippen molar-refractivity contribution in [3.05, 3.63) is 35.4 Å². The Bertz CT molecular complexity index is 430. The van der Waals surface area contributed by atoms with Crippen LogP contribution in [-0.2, 0) is 11.2 Å². The quantitative estimate of drug-likeness (QED) is 0.552. The molecule has 0 radical (unpaired) electrons. The van der Waals surface area contributed by atoms with Crippen LogP contribution in [-0.4, -0.2) is 40.5 Å². The number of rotatable bonds is 9. The smallest absolute Gasteiger partial charge is 0.305 e. The maximum Gasteiger partial charge on any atom is 0.305 e. The molecule has 5 nitrogen and oxygen atoms in total. The highest BCUT2D eigenvalue weighted by molar-refractivity contribution is 5.67. The van der Waals surface area contributed by atoms with E-state index in [1.807, 2.05) is 24.3 Å². The summed E-state index contributed by atoms with van der Waals surface area (Å²) < 4.78 is 0. The van der Waals surface area contributed by atoms with E-state index >= 15 is 0 Å². The Balaban J connectivity index is 2.76. The molecule has 0 spiro atoms. The summed E-state index contributed by atoms with van der Waals surface area (Å²) in [5.74, 6) is -0.423. The van der Waals surface area contributed by atoms with Gasteiger partial charge in [0.25, 0.3) is 0 Å². The highest BCUT2D eigenvalue weighted by Crippen LogP contribution is 2.20. The topological polar surface area (TPSA) is 89.8 Å². The Morgan fingerprint density at radius 1 is 1.24 bits per heavy atom. The highest BCUT2D eigenvalue weighted by atomic mass is 16.4. The number of carboxylic acid groups (broad SMARTS) is 1. The lowest BCUT2D eigenvalue weighted by Crippen LogP contribution is -2.38. The van der Waals surface area contributed by atoms with E-state index in [0.29, 0.717) is 11.5 Å². The van der Waals surface area contributed by atoms with Crippen molar-refractivity contribution < 1.29 is 20.1 Å². The zero-order chi connectivity index (χ0) is 15.8. The molecule has 1 aromatic carbocycles. The van der Waals surface area contributed by atoms with Crippen LogP contribution in [0.5, 0.6) is 0 Å². The molecule has 0 amide bonds. The molecule has 0 aliphatic rings. The zero-order valence-corrected chi connectivity index (χ0v) is 12.6. The minimum absolute atomic E-state index is 0.101. The zero-order valence-electron chi connectivity index (χ0n) is 12.6. The van der Waals surface area contributed by atoms with Gasteiger partial charge in [0.15, 0.2) is 0 Å². The van der Waals surface area contributed by atoms with Crippen molar-refractivity contribution in [2.75, 3.05) is 13.2 Å². The average Bonchev–Trinajstić information content (AvgIpc) is 2.42. The molecule has 0 saturated carbocycles. The van der Waals surface area contributed by atoms with Gasteiger partial charge >= 0.3 is 5.97 Å². The molecule has 0 aliphatic heterocycles. The molecular weight excluding hydrogens is 270 g/mol. The Kier molecular flexibility index (Phi) is 7.36. The Morgan fingerprint density at radius 3 is 2.33 bits per heavy atom. The first-order chi connectivity index (χ1) is 9.93. The van der Waals surface area contributed by atoms with E-state index in [2.05, 4.69) is 19.2 Å². The summed E-state index contributed by atoms with van der Waals surface area (Å²) in [5, 5.41) is 30.9. The van der Waals surface area contributed by atoms with Crippen molar-refractivity contribution >= 4 is 5.97 Å². The third kappa shape index (κ3) is 6.25. The van der Waals surface area contributed by atoms with E-state index < -0.39 is 18.1 Å². The summed E-state index contributed by atoms with van der Waals surface area (Å²) in [6, 6.07) is 6.96. The van der Waals surface area contributed by atoms with E-state index in [1.165, 1.54) is 5.56 Å². The summed E-state index contributed by atoms with van der Waals surface area (Å²) >= 11 is 0. The summed E-state index contributed by atoms with van der Waals surface area (Å²) in [6.45, 7) is 4.44. The molecule has 0 aromatic heterocycles. The van der Waals surface area contributed by atoms with Crippen molar-refractivity contribution in [2.24, 2.45) is 5.92 Å². The van der Waals surface area contributed by atoms with Gasteiger partial charge < -0.3 is 20.6 Å². The molecule has 0 fully saturated rings. The van der Waals surface area contributed by atoms with E-state index in [-0.39, 0.29) is 19.6 Å². The van der Waals surface area contributed by atoms with Gasteiger partial charge in [-0.1, -0.05) is 38.1 Å². The monoisotopic (exact) mass is 295 g/mol. The first-order valence-corrected chi connectivity index (χ1v) is 7.27. The van der Waals surface area contributed by atoms with Gasteiger partial charge in [-0.15, -0.1) is 0 Å². The molecular formula is C16H25NO4. The van der Waals surface area contributed by atoms with Crippen molar-refractivity contribution in [3.63, 3.8) is 0 Å². The number of aliphatic hydroxyl groups excluding tert-OH is 2. The van der Waals surface area contributed by atoms with Crippen LogP contribution in [0, 0.1) is 5.92 Å². The van der Waals surface area contributed by atoms with Crippen LogP contribution in [0.15, 0.2) is 24.3 Å². The van der Waals surface area contributed by atoms with Gasteiger partial charge in [-0.2, -0.15) is 0 Å². The van der Waals surface area contributed by atoms with E-state index in [4.69, 9.17) is 10.2 Å². The minimum Gasteiger partial charge on any atom is -0.481 e. The Morgan fingerprint density at radius 2 is 1.86 bits per heavy atom. The van der Waals surface area contributed by atoms with Crippen LogP contribution in [0.3, 0.4) is 0 Å². The molecule has 0 heterocycles. The third-order valence-corrected chi connectivity index (χ3v) is 3.26. The van der Waals surface area contributed by atoms with Crippen LogP contribution >= 0.6 is 0 Å². The van der Waals surface area contributed by atoms with Crippen LogP contribution in [0.4, 0.5) is 0 Å². The fourth-order valence-electron chi connectivity index (χ4n) is 2.29. The molecule has 118 valence electrons. The fourth-order valence-corrected chi connectivity index (χ4v) is 2.29. The van der Waals surface area contributed by atoms with Crippen LogP contribution in [0.2, 0.25) is 0 Å². The van der Waals surface area contributed by atoms with E-state index in [0.717, 1.165) is 6.42 Å². The maximum atomic E-state index is 10.9. The summed E-state index contributed by atoms with van der Waals surface area (Å²) in [7, 11) is 0. The second-order valence-electron chi connectivity index (χ2n) is 5.67. The average molecular weight is 295 g/mol.